The summed E-state index contributed by atoms with van der Waals surface area (Å²) in [6.07, 6.45) is 18.2. The summed E-state index contributed by atoms with van der Waals surface area (Å²) >= 11 is 0. The molecule has 0 aromatic heterocycles. The highest BCUT2D eigenvalue weighted by Gasteiger charge is 2.18. The van der Waals surface area contributed by atoms with Gasteiger partial charge in [-0.3, -0.25) is 0 Å². The van der Waals surface area contributed by atoms with Gasteiger partial charge in [-0.2, -0.15) is 0 Å². The van der Waals surface area contributed by atoms with Crippen LogP contribution in [0.25, 0.3) is 11.1 Å². The molecule has 1 unspecified atom stereocenters. The van der Waals surface area contributed by atoms with Crippen LogP contribution in [0.15, 0.2) is 91.1 Å². The quantitative estimate of drug-likeness (QED) is 0.582. The molecule has 0 N–H and O–H groups in total. The van der Waals surface area contributed by atoms with Gasteiger partial charge in [0.25, 0.3) is 0 Å². The van der Waals surface area contributed by atoms with Crippen LogP contribution >= 0.6 is 0 Å². The molecule has 0 saturated carbocycles. The second-order valence-electron chi connectivity index (χ2n) is 6.94. The van der Waals surface area contributed by atoms with Crippen molar-refractivity contribution in [3.05, 3.63) is 108 Å². The molecule has 25 heavy (non-hydrogen) atoms. The summed E-state index contributed by atoms with van der Waals surface area (Å²) in [4.78, 5) is 0. The van der Waals surface area contributed by atoms with Gasteiger partial charge < -0.3 is 0 Å². The Kier molecular flexibility index (Phi) is 4.79. The van der Waals surface area contributed by atoms with E-state index in [0.29, 0.717) is 5.92 Å². The zero-order valence-electron chi connectivity index (χ0n) is 14.6. The van der Waals surface area contributed by atoms with Gasteiger partial charge in [0.1, 0.15) is 0 Å². The Hall–Kier alpha value is -2.60. The predicted octanol–water partition coefficient (Wildman–Crippen LogP) is 6.62. The lowest BCUT2D eigenvalue weighted by atomic mass is 9.81. The van der Waals surface area contributed by atoms with E-state index in [1.165, 1.54) is 34.3 Å². The minimum atomic E-state index is 0.609. The summed E-state index contributed by atoms with van der Waals surface area (Å²) in [7, 11) is 0. The van der Waals surface area contributed by atoms with Crippen molar-refractivity contribution in [3.8, 4) is 0 Å². The third kappa shape index (κ3) is 3.74. The Balaban J connectivity index is 1.84. The maximum atomic E-state index is 2.54. The molecule has 0 amide bonds. The third-order valence-electron chi connectivity index (χ3n) is 5.17. The van der Waals surface area contributed by atoms with Crippen LogP contribution in [0, 0.1) is 5.92 Å². The minimum absolute atomic E-state index is 0.609. The maximum absolute atomic E-state index is 2.54. The molecule has 124 valence electrons. The molecule has 2 aromatic rings. The van der Waals surface area contributed by atoms with Gasteiger partial charge in [-0.05, 0) is 59.4 Å². The molecule has 2 aliphatic rings. The van der Waals surface area contributed by atoms with Crippen molar-refractivity contribution in [1.82, 2.24) is 0 Å². The fourth-order valence-electron chi connectivity index (χ4n) is 3.87. The van der Waals surface area contributed by atoms with Crippen LogP contribution < -0.4 is 0 Å². The molecule has 1 atom stereocenters. The molecule has 2 aliphatic carbocycles. The van der Waals surface area contributed by atoms with Crippen LogP contribution in [0.5, 0.6) is 0 Å². The molecule has 0 aliphatic heterocycles. The minimum Gasteiger partial charge on any atom is -0.0840 e. The van der Waals surface area contributed by atoms with Gasteiger partial charge in [-0.25, -0.2) is 0 Å². The molecule has 0 spiro atoms. The van der Waals surface area contributed by atoms with Crippen molar-refractivity contribution in [1.29, 1.82) is 0 Å². The fourth-order valence-corrected chi connectivity index (χ4v) is 3.87. The number of benzene rings is 2. The first-order valence-electron chi connectivity index (χ1n) is 9.27. The van der Waals surface area contributed by atoms with Gasteiger partial charge in [0.15, 0.2) is 0 Å². The fraction of sp³-hybridized carbons (Fsp3) is 0.200. The molecular weight excluding hydrogens is 300 g/mol. The first kappa shape index (κ1) is 15.9. The molecule has 2 bridgehead atoms. The first-order valence-corrected chi connectivity index (χ1v) is 9.27. The van der Waals surface area contributed by atoms with Gasteiger partial charge in [0.05, 0.1) is 0 Å². The van der Waals surface area contributed by atoms with Crippen molar-refractivity contribution in [2.24, 2.45) is 5.92 Å². The number of fused-ring (bicyclic) bond motifs is 5. The van der Waals surface area contributed by atoms with Gasteiger partial charge in [-0.15, -0.1) is 0 Å². The third-order valence-corrected chi connectivity index (χ3v) is 5.17. The van der Waals surface area contributed by atoms with Crippen molar-refractivity contribution in [2.75, 3.05) is 0 Å². The van der Waals surface area contributed by atoms with Crippen LogP contribution in [0.4, 0.5) is 0 Å². The van der Waals surface area contributed by atoms with Crippen molar-refractivity contribution < 1.29 is 0 Å². The molecule has 4 rings (SSSR count). The van der Waals surface area contributed by atoms with E-state index in [9.17, 15) is 0 Å². The Bertz CT molecular complexity index is 847. The molecule has 2 aromatic carbocycles. The van der Waals surface area contributed by atoms with Crippen LogP contribution in [-0.2, 0) is 6.42 Å². The number of hydrogen-bond acceptors (Lipinski definition) is 0. The lowest BCUT2D eigenvalue weighted by molar-refractivity contribution is 0.609. The topological polar surface area (TPSA) is 0 Å². The average Bonchev–Trinajstić information content (AvgIpc) is 2.65. The van der Waals surface area contributed by atoms with Gasteiger partial charge in [0.2, 0.25) is 0 Å². The van der Waals surface area contributed by atoms with E-state index in [0.717, 1.165) is 19.3 Å². The molecular formula is C25H24. The van der Waals surface area contributed by atoms with Crippen molar-refractivity contribution in [2.45, 2.75) is 25.7 Å². The largest absolute Gasteiger partial charge is 0.0840 e. The zero-order valence-corrected chi connectivity index (χ0v) is 14.6. The highest BCUT2D eigenvalue weighted by atomic mass is 14.2. The van der Waals surface area contributed by atoms with E-state index in [4.69, 9.17) is 0 Å². The lowest BCUT2D eigenvalue weighted by Gasteiger charge is -2.23. The standard InChI is InChI=1S/C25H24/c1-2-7-13-22-17-16-21(12-4-1)19-23(18-20-10-5-3-6-11-20)25-15-9-8-14-24(22)25/h1-11,13-15,19,21H,12,16-18H2/b4-1?,7-2?,22-13+,23-19-. The van der Waals surface area contributed by atoms with E-state index in [-0.39, 0.29) is 0 Å². The lowest BCUT2D eigenvalue weighted by Crippen LogP contribution is -2.06. The number of allylic oxidation sites excluding steroid dienone is 8. The van der Waals surface area contributed by atoms with Crippen LogP contribution in [0.3, 0.4) is 0 Å². The van der Waals surface area contributed by atoms with E-state index in [2.05, 4.69) is 91.1 Å². The van der Waals surface area contributed by atoms with Crippen molar-refractivity contribution >= 4 is 11.1 Å². The van der Waals surface area contributed by atoms with E-state index in [1.54, 1.807) is 0 Å². The zero-order chi connectivity index (χ0) is 16.9. The normalized spacial score (nSPS) is 23.6. The Labute approximate surface area is 150 Å². The molecule has 0 fully saturated rings. The monoisotopic (exact) mass is 324 g/mol. The van der Waals surface area contributed by atoms with Crippen molar-refractivity contribution in [3.63, 3.8) is 0 Å². The molecule has 0 nitrogen and oxygen atoms in total. The Morgan fingerprint density at radius 1 is 0.800 bits per heavy atom. The first-order chi connectivity index (χ1) is 12.4. The van der Waals surface area contributed by atoms with E-state index >= 15 is 0 Å². The molecule has 0 heterocycles. The highest BCUT2D eigenvalue weighted by molar-refractivity contribution is 5.82. The second kappa shape index (κ2) is 7.53. The number of rotatable bonds is 2. The average molecular weight is 324 g/mol. The molecule has 0 radical (unpaired) electrons. The van der Waals surface area contributed by atoms with Gasteiger partial charge in [-0.1, -0.05) is 91.1 Å². The highest BCUT2D eigenvalue weighted by Crippen LogP contribution is 2.36. The Morgan fingerprint density at radius 2 is 1.60 bits per heavy atom. The van der Waals surface area contributed by atoms with Gasteiger partial charge in [0, 0.05) is 0 Å². The molecule has 0 saturated heterocycles. The summed E-state index contributed by atoms with van der Waals surface area (Å²) < 4.78 is 0. The molecule has 0 heteroatoms. The van der Waals surface area contributed by atoms with Crippen LogP contribution in [-0.4, -0.2) is 0 Å². The number of hydrogen-bond donors (Lipinski definition) is 0. The smallest absolute Gasteiger partial charge is 0.00227 e. The maximum Gasteiger partial charge on any atom is -0.00227 e. The summed E-state index contributed by atoms with van der Waals surface area (Å²) in [5.41, 5.74) is 7.12. The Morgan fingerprint density at radius 3 is 2.48 bits per heavy atom. The predicted molar refractivity (Wildman–Crippen MR) is 108 cm³/mol. The summed E-state index contributed by atoms with van der Waals surface area (Å²) in [6, 6.07) is 19.8. The van der Waals surface area contributed by atoms with Gasteiger partial charge >= 0.3 is 0 Å². The van der Waals surface area contributed by atoms with Crippen LogP contribution in [0.1, 0.15) is 36.0 Å². The van der Waals surface area contributed by atoms with E-state index < -0.39 is 0 Å². The summed E-state index contributed by atoms with van der Waals surface area (Å²) in [5, 5.41) is 0. The van der Waals surface area contributed by atoms with E-state index in [1.807, 2.05) is 0 Å². The SMILES string of the molecule is C1=C/C=C2\CCC(/C=C(/Cc3ccccc3)c3ccccc32)CC=C1. The second-order valence-corrected chi connectivity index (χ2v) is 6.94. The summed E-state index contributed by atoms with van der Waals surface area (Å²) in [6.45, 7) is 0. The summed E-state index contributed by atoms with van der Waals surface area (Å²) in [5.74, 6) is 0.609. The van der Waals surface area contributed by atoms with Crippen LogP contribution in [0.2, 0.25) is 0 Å².